The number of methoxy groups -OCH3 is 1. The van der Waals surface area contributed by atoms with Crippen molar-refractivity contribution in [1.29, 1.82) is 0 Å². The molecule has 0 unspecified atom stereocenters. The Morgan fingerprint density at radius 2 is 1.83 bits per heavy atom. The molecule has 0 aromatic heterocycles. The summed E-state index contributed by atoms with van der Waals surface area (Å²) in [5, 5.41) is 0. The van der Waals surface area contributed by atoms with E-state index < -0.39 is 0 Å². The van der Waals surface area contributed by atoms with Gasteiger partial charge in [0.1, 0.15) is 5.75 Å². The highest BCUT2D eigenvalue weighted by atomic mass is 16.6. The van der Waals surface area contributed by atoms with E-state index in [1.165, 1.54) is 5.57 Å². The minimum Gasteiger partial charge on any atom is -0.496 e. The van der Waals surface area contributed by atoms with Gasteiger partial charge in [-0.25, -0.2) is 0 Å². The highest BCUT2D eigenvalue weighted by molar-refractivity contribution is 5.81. The molecule has 0 atom stereocenters. The maximum atomic E-state index is 5.82. The van der Waals surface area contributed by atoms with Gasteiger partial charge in [-0.2, -0.15) is 0 Å². The third-order valence-corrected chi connectivity index (χ3v) is 5.31. The van der Waals surface area contributed by atoms with Crippen LogP contribution in [0.5, 0.6) is 5.75 Å². The first-order chi connectivity index (χ1) is 13.6. The van der Waals surface area contributed by atoms with E-state index in [2.05, 4.69) is 76.7 Å². The van der Waals surface area contributed by atoms with Crippen molar-refractivity contribution in [3.63, 3.8) is 0 Å². The van der Waals surface area contributed by atoms with Gasteiger partial charge in [0, 0.05) is 24.2 Å². The van der Waals surface area contributed by atoms with E-state index in [4.69, 9.17) is 9.57 Å². The molecule has 0 saturated carbocycles. The first kappa shape index (κ1) is 23.2. The summed E-state index contributed by atoms with van der Waals surface area (Å²) >= 11 is 0. The Bertz CT molecular complexity index is 752. The van der Waals surface area contributed by atoms with Gasteiger partial charge in [-0.1, -0.05) is 44.7 Å². The van der Waals surface area contributed by atoms with Crippen LogP contribution in [0.1, 0.15) is 53.5 Å². The summed E-state index contributed by atoms with van der Waals surface area (Å²) in [5.74, 6) is 0.846. The summed E-state index contributed by atoms with van der Waals surface area (Å²) in [6.07, 6.45) is 5.29. The summed E-state index contributed by atoms with van der Waals surface area (Å²) in [7, 11) is 1.70. The number of allylic oxidation sites excluding steroid dienone is 4. The predicted octanol–water partition coefficient (Wildman–Crippen LogP) is 5.59. The smallest absolute Gasteiger partial charge is 0.126 e. The fourth-order valence-corrected chi connectivity index (χ4v) is 3.96. The van der Waals surface area contributed by atoms with E-state index in [1.54, 1.807) is 7.11 Å². The van der Waals surface area contributed by atoms with Gasteiger partial charge in [0.2, 0.25) is 0 Å². The molecule has 1 N–H and O–H groups in total. The van der Waals surface area contributed by atoms with Crippen LogP contribution in [0.15, 0.2) is 54.3 Å². The van der Waals surface area contributed by atoms with Gasteiger partial charge in [0.25, 0.3) is 0 Å². The molecule has 29 heavy (non-hydrogen) atoms. The molecule has 0 saturated heterocycles. The van der Waals surface area contributed by atoms with Crippen LogP contribution < -0.4 is 10.2 Å². The molecule has 0 spiro atoms. The third-order valence-electron chi connectivity index (χ3n) is 5.31. The summed E-state index contributed by atoms with van der Waals surface area (Å²) in [5.41, 5.74) is 7.38. The lowest BCUT2D eigenvalue weighted by molar-refractivity contribution is 0.0321. The number of nitrogens with one attached hydrogen (secondary N) is 1. The lowest BCUT2D eigenvalue weighted by Gasteiger charge is -2.31. The van der Waals surface area contributed by atoms with Gasteiger partial charge < -0.3 is 4.74 Å². The van der Waals surface area contributed by atoms with Crippen molar-refractivity contribution in [2.24, 2.45) is 5.41 Å². The molecule has 2 rings (SSSR count). The summed E-state index contributed by atoms with van der Waals surface area (Å²) in [6.45, 7) is 19.2. The summed E-state index contributed by atoms with van der Waals surface area (Å²) < 4.78 is 5.53. The lowest BCUT2D eigenvalue weighted by Crippen LogP contribution is -2.40. The molecule has 0 amide bonds. The quantitative estimate of drug-likeness (QED) is 0.411. The molecule has 0 aliphatic heterocycles. The van der Waals surface area contributed by atoms with Crippen LogP contribution in [0.25, 0.3) is 5.57 Å². The number of rotatable bonds is 10. The van der Waals surface area contributed by atoms with E-state index in [-0.39, 0.29) is 5.41 Å². The van der Waals surface area contributed by atoms with Crippen molar-refractivity contribution in [3.05, 3.63) is 59.8 Å². The molecule has 4 heteroatoms. The summed E-state index contributed by atoms with van der Waals surface area (Å²) in [4.78, 5) is 8.24. The van der Waals surface area contributed by atoms with E-state index in [0.717, 1.165) is 35.5 Å². The van der Waals surface area contributed by atoms with Crippen LogP contribution in [0.3, 0.4) is 0 Å². The largest absolute Gasteiger partial charge is 0.496 e. The molecule has 0 heterocycles. The molecular weight excluding hydrogens is 360 g/mol. The van der Waals surface area contributed by atoms with Crippen molar-refractivity contribution in [2.75, 3.05) is 20.3 Å². The van der Waals surface area contributed by atoms with E-state index in [1.807, 2.05) is 18.2 Å². The Balaban J connectivity index is 2.07. The average Bonchev–Trinajstić information content (AvgIpc) is 2.65. The molecule has 4 nitrogen and oxygen atoms in total. The van der Waals surface area contributed by atoms with Gasteiger partial charge in [-0.3, -0.25) is 15.2 Å². The second-order valence-corrected chi connectivity index (χ2v) is 8.99. The lowest BCUT2D eigenvalue weighted by atomic mass is 9.78. The number of ether oxygens (including phenoxy) is 1. The van der Waals surface area contributed by atoms with Crippen molar-refractivity contribution >= 4 is 5.57 Å². The second-order valence-electron chi connectivity index (χ2n) is 8.99. The predicted molar refractivity (Wildman–Crippen MR) is 123 cm³/mol. The zero-order chi connectivity index (χ0) is 21.6. The molecule has 0 radical (unpaired) electrons. The zero-order valence-corrected chi connectivity index (χ0v) is 19.2. The fourth-order valence-electron chi connectivity index (χ4n) is 3.96. The topological polar surface area (TPSA) is 33.7 Å². The summed E-state index contributed by atoms with van der Waals surface area (Å²) in [6, 6.07) is 9.04. The SMILES string of the molecule is C=C(C1=CC(NOCCN(C(C)C)C(C)C)=CC(C)(C)C1)c1ccccc1OC. The maximum absolute atomic E-state index is 5.82. The van der Waals surface area contributed by atoms with E-state index >= 15 is 0 Å². The van der Waals surface area contributed by atoms with Crippen LogP contribution in [0, 0.1) is 5.41 Å². The Kier molecular flexibility index (Phi) is 8.12. The average molecular weight is 399 g/mol. The molecule has 0 fully saturated rings. The second kappa shape index (κ2) is 10.1. The monoisotopic (exact) mass is 398 g/mol. The Morgan fingerprint density at radius 1 is 1.17 bits per heavy atom. The van der Waals surface area contributed by atoms with Crippen molar-refractivity contribution in [1.82, 2.24) is 10.4 Å². The third kappa shape index (κ3) is 6.48. The van der Waals surface area contributed by atoms with Gasteiger partial charge in [0.15, 0.2) is 0 Å². The number of hydrogen-bond donors (Lipinski definition) is 1. The van der Waals surface area contributed by atoms with E-state index in [9.17, 15) is 0 Å². The Morgan fingerprint density at radius 3 is 2.45 bits per heavy atom. The standard InChI is InChI=1S/C25H38N2O2/c1-18(2)27(19(3)4)13-14-29-26-22-15-21(16-25(6,7)17-22)20(5)23-11-9-10-12-24(23)28-8/h9-12,15,17-19,26H,5,13-14,16H2,1-4,6-8H3. The van der Waals surface area contributed by atoms with Gasteiger partial charge >= 0.3 is 0 Å². The van der Waals surface area contributed by atoms with Crippen LogP contribution in [-0.2, 0) is 4.84 Å². The first-order valence-electron chi connectivity index (χ1n) is 10.5. The van der Waals surface area contributed by atoms with Crippen LogP contribution >= 0.6 is 0 Å². The maximum Gasteiger partial charge on any atom is 0.126 e. The number of para-hydroxylation sites is 1. The number of nitrogens with zero attached hydrogens (tertiary/aromatic N) is 1. The molecule has 160 valence electrons. The number of hydroxylamine groups is 1. The van der Waals surface area contributed by atoms with Crippen LogP contribution in [-0.4, -0.2) is 37.2 Å². The van der Waals surface area contributed by atoms with Gasteiger partial charge in [-0.05, 0) is 62.8 Å². The normalized spacial score (nSPS) is 16.1. The minimum absolute atomic E-state index is 0.0165. The zero-order valence-electron chi connectivity index (χ0n) is 19.2. The van der Waals surface area contributed by atoms with Crippen molar-refractivity contribution in [2.45, 2.75) is 60.0 Å². The minimum atomic E-state index is 0.0165. The molecular formula is C25H38N2O2. The molecule has 1 aromatic rings. The molecule has 1 aliphatic rings. The molecule has 1 aromatic carbocycles. The van der Waals surface area contributed by atoms with Crippen LogP contribution in [0.4, 0.5) is 0 Å². The van der Waals surface area contributed by atoms with Crippen molar-refractivity contribution in [3.8, 4) is 5.75 Å². The Hall–Kier alpha value is -2.04. The van der Waals surface area contributed by atoms with E-state index in [0.29, 0.717) is 18.7 Å². The fraction of sp³-hybridized carbons (Fsp3) is 0.520. The Labute approximate surface area is 177 Å². The van der Waals surface area contributed by atoms with Crippen molar-refractivity contribution < 1.29 is 9.57 Å². The molecule has 0 bridgehead atoms. The van der Waals surface area contributed by atoms with Crippen LogP contribution in [0.2, 0.25) is 0 Å². The van der Waals surface area contributed by atoms with Gasteiger partial charge in [-0.15, -0.1) is 0 Å². The first-order valence-corrected chi connectivity index (χ1v) is 10.5. The highest BCUT2D eigenvalue weighted by Gasteiger charge is 2.25. The number of hydrogen-bond acceptors (Lipinski definition) is 4. The molecule has 1 aliphatic carbocycles. The van der Waals surface area contributed by atoms with Gasteiger partial charge in [0.05, 0.1) is 19.4 Å². The highest BCUT2D eigenvalue weighted by Crippen LogP contribution is 2.40. The number of benzene rings is 1.